The van der Waals surface area contributed by atoms with Crippen LogP contribution >= 0.6 is 15.9 Å². The Morgan fingerprint density at radius 2 is 2.25 bits per heavy atom. The van der Waals surface area contributed by atoms with E-state index in [4.69, 9.17) is 0 Å². The van der Waals surface area contributed by atoms with Crippen LogP contribution in [0.2, 0.25) is 0 Å². The van der Waals surface area contributed by atoms with E-state index < -0.39 is 0 Å². The summed E-state index contributed by atoms with van der Waals surface area (Å²) in [5.74, 6) is -0.0981. The molecule has 0 aliphatic carbocycles. The molecule has 110 valence electrons. The number of carbonyl (C=O) groups is 1. The number of pyridine rings is 1. The van der Waals surface area contributed by atoms with Crippen LogP contribution in [-0.2, 0) is 0 Å². The molecule has 2 heterocycles. The van der Waals surface area contributed by atoms with Gasteiger partial charge in [-0.2, -0.15) is 0 Å². The molecule has 2 rings (SSSR count). The van der Waals surface area contributed by atoms with Crippen LogP contribution in [0.1, 0.15) is 29.6 Å². The SMILES string of the molecule is O=C(NCCCN1CCC(O)CC1)c1cccnc1Br. The number of aliphatic hydroxyl groups is 1. The molecule has 1 aliphatic heterocycles. The Kier molecular flexibility index (Phi) is 5.94. The lowest BCUT2D eigenvalue weighted by atomic mass is 10.1. The standard InChI is InChI=1S/C14H20BrN3O2/c15-13-12(3-1-6-16-13)14(20)17-7-2-8-18-9-4-11(19)5-10-18/h1,3,6,11,19H,2,4-5,7-10H2,(H,17,20). The lowest BCUT2D eigenvalue weighted by Crippen LogP contribution is -2.37. The zero-order valence-corrected chi connectivity index (χ0v) is 13.0. The van der Waals surface area contributed by atoms with Crippen LogP contribution in [0.3, 0.4) is 0 Å². The minimum atomic E-state index is -0.131. The molecule has 0 radical (unpaired) electrons. The summed E-state index contributed by atoms with van der Waals surface area (Å²) in [5.41, 5.74) is 0.564. The van der Waals surface area contributed by atoms with E-state index in [-0.39, 0.29) is 12.0 Å². The first kappa shape index (κ1) is 15.4. The molecule has 0 atom stereocenters. The Hall–Kier alpha value is -0.980. The van der Waals surface area contributed by atoms with Crippen molar-refractivity contribution >= 4 is 21.8 Å². The maximum Gasteiger partial charge on any atom is 0.254 e. The third-order valence-corrected chi connectivity index (χ3v) is 4.13. The van der Waals surface area contributed by atoms with Gasteiger partial charge >= 0.3 is 0 Å². The second kappa shape index (κ2) is 7.71. The van der Waals surface area contributed by atoms with Gasteiger partial charge in [-0.15, -0.1) is 0 Å². The van der Waals surface area contributed by atoms with E-state index in [0.29, 0.717) is 16.7 Å². The van der Waals surface area contributed by atoms with Crippen LogP contribution in [0.5, 0.6) is 0 Å². The van der Waals surface area contributed by atoms with Crippen LogP contribution in [-0.4, -0.2) is 53.2 Å². The van der Waals surface area contributed by atoms with Crippen molar-refractivity contribution < 1.29 is 9.90 Å². The number of aliphatic hydroxyl groups excluding tert-OH is 1. The summed E-state index contributed by atoms with van der Waals surface area (Å²) >= 11 is 3.27. The highest BCUT2D eigenvalue weighted by Crippen LogP contribution is 2.12. The minimum absolute atomic E-state index is 0.0981. The summed E-state index contributed by atoms with van der Waals surface area (Å²) in [4.78, 5) is 18.3. The largest absolute Gasteiger partial charge is 0.393 e. The molecule has 5 nitrogen and oxygen atoms in total. The number of hydrogen-bond donors (Lipinski definition) is 2. The molecule has 1 amide bonds. The van der Waals surface area contributed by atoms with Gasteiger partial charge in [0.15, 0.2) is 0 Å². The molecule has 1 saturated heterocycles. The first-order chi connectivity index (χ1) is 9.66. The van der Waals surface area contributed by atoms with Gasteiger partial charge in [-0.25, -0.2) is 4.98 Å². The molecule has 0 unspecified atom stereocenters. The van der Waals surface area contributed by atoms with Crippen molar-refractivity contribution in [2.75, 3.05) is 26.2 Å². The number of piperidine rings is 1. The monoisotopic (exact) mass is 341 g/mol. The summed E-state index contributed by atoms with van der Waals surface area (Å²) in [5, 5.41) is 12.3. The molecule has 0 bridgehead atoms. The van der Waals surface area contributed by atoms with Gasteiger partial charge in [-0.1, -0.05) is 0 Å². The van der Waals surface area contributed by atoms with Gasteiger partial charge in [0.2, 0.25) is 0 Å². The van der Waals surface area contributed by atoms with Crippen molar-refractivity contribution in [1.29, 1.82) is 0 Å². The van der Waals surface area contributed by atoms with Gasteiger partial charge in [-0.05, 0) is 53.9 Å². The summed E-state index contributed by atoms with van der Waals surface area (Å²) in [6.07, 6.45) is 4.14. The summed E-state index contributed by atoms with van der Waals surface area (Å²) in [6, 6.07) is 3.50. The predicted octanol–water partition coefficient (Wildman–Crippen LogP) is 1.42. The Morgan fingerprint density at radius 1 is 1.50 bits per heavy atom. The fourth-order valence-electron chi connectivity index (χ4n) is 2.30. The highest BCUT2D eigenvalue weighted by atomic mass is 79.9. The van der Waals surface area contributed by atoms with Crippen molar-refractivity contribution in [3.63, 3.8) is 0 Å². The number of rotatable bonds is 5. The number of hydrogen-bond acceptors (Lipinski definition) is 4. The number of likely N-dealkylation sites (tertiary alicyclic amines) is 1. The second-order valence-corrected chi connectivity index (χ2v) is 5.78. The number of amides is 1. The molecule has 1 fully saturated rings. The Bertz CT molecular complexity index is 448. The van der Waals surface area contributed by atoms with Crippen LogP contribution in [0.25, 0.3) is 0 Å². The minimum Gasteiger partial charge on any atom is -0.393 e. The second-order valence-electron chi connectivity index (χ2n) is 5.02. The lowest BCUT2D eigenvalue weighted by Gasteiger charge is -2.29. The number of nitrogens with one attached hydrogen (secondary N) is 1. The van der Waals surface area contributed by atoms with E-state index in [9.17, 15) is 9.90 Å². The van der Waals surface area contributed by atoms with E-state index in [2.05, 4.69) is 31.1 Å². The van der Waals surface area contributed by atoms with E-state index in [1.807, 2.05) is 0 Å². The Morgan fingerprint density at radius 3 is 2.95 bits per heavy atom. The van der Waals surface area contributed by atoms with Crippen LogP contribution in [0.15, 0.2) is 22.9 Å². The quantitative estimate of drug-likeness (QED) is 0.628. The maximum absolute atomic E-state index is 11.9. The van der Waals surface area contributed by atoms with Gasteiger partial charge in [-0.3, -0.25) is 4.79 Å². The van der Waals surface area contributed by atoms with Crippen LogP contribution in [0.4, 0.5) is 0 Å². The molecule has 1 aliphatic rings. The molecule has 6 heteroatoms. The number of aromatic nitrogens is 1. The number of nitrogens with zero attached hydrogens (tertiary/aromatic N) is 2. The van der Waals surface area contributed by atoms with Crippen molar-refractivity contribution in [3.05, 3.63) is 28.5 Å². The summed E-state index contributed by atoms with van der Waals surface area (Å²) in [6.45, 7) is 3.51. The van der Waals surface area contributed by atoms with Gasteiger partial charge < -0.3 is 15.3 Å². The summed E-state index contributed by atoms with van der Waals surface area (Å²) in [7, 11) is 0. The first-order valence-corrected chi connectivity index (χ1v) is 7.75. The third-order valence-electron chi connectivity index (χ3n) is 3.50. The van der Waals surface area contributed by atoms with Gasteiger partial charge in [0, 0.05) is 25.8 Å². The fraction of sp³-hybridized carbons (Fsp3) is 0.571. The van der Waals surface area contributed by atoms with Crippen molar-refractivity contribution in [3.8, 4) is 0 Å². The average molecular weight is 342 g/mol. The van der Waals surface area contributed by atoms with E-state index in [0.717, 1.165) is 38.9 Å². The lowest BCUT2D eigenvalue weighted by molar-refractivity contribution is 0.0816. The molecule has 1 aromatic rings. The molecule has 20 heavy (non-hydrogen) atoms. The normalized spacial score (nSPS) is 17.1. The number of carbonyl (C=O) groups excluding carboxylic acids is 1. The van der Waals surface area contributed by atoms with E-state index in [1.54, 1.807) is 18.3 Å². The molecule has 0 spiro atoms. The topological polar surface area (TPSA) is 65.5 Å². The van der Waals surface area contributed by atoms with Crippen LogP contribution < -0.4 is 5.32 Å². The molecular weight excluding hydrogens is 322 g/mol. The predicted molar refractivity (Wildman–Crippen MR) is 80.6 cm³/mol. The molecule has 2 N–H and O–H groups in total. The highest BCUT2D eigenvalue weighted by Gasteiger charge is 2.16. The zero-order chi connectivity index (χ0) is 14.4. The molecule has 0 saturated carbocycles. The van der Waals surface area contributed by atoms with Crippen molar-refractivity contribution in [2.24, 2.45) is 0 Å². The fourth-order valence-corrected chi connectivity index (χ4v) is 2.73. The maximum atomic E-state index is 11.9. The van der Waals surface area contributed by atoms with E-state index in [1.165, 1.54) is 0 Å². The smallest absolute Gasteiger partial charge is 0.254 e. The van der Waals surface area contributed by atoms with Crippen LogP contribution in [0, 0.1) is 0 Å². The van der Waals surface area contributed by atoms with Crippen molar-refractivity contribution in [1.82, 2.24) is 15.2 Å². The highest BCUT2D eigenvalue weighted by molar-refractivity contribution is 9.10. The third kappa shape index (κ3) is 4.54. The molecular formula is C14H20BrN3O2. The van der Waals surface area contributed by atoms with Crippen molar-refractivity contribution in [2.45, 2.75) is 25.4 Å². The van der Waals surface area contributed by atoms with Gasteiger partial charge in [0.05, 0.1) is 11.7 Å². The summed E-state index contributed by atoms with van der Waals surface area (Å²) < 4.78 is 0.572. The molecule has 1 aromatic heterocycles. The van der Waals surface area contributed by atoms with Gasteiger partial charge in [0.25, 0.3) is 5.91 Å². The Labute approximate surface area is 127 Å². The van der Waals surface area contributed by atoms with E-state index >= 15 is 0 Å². The number of halogens is 1. The Balaban J connectivity index is 1.66. The van der Waals surface area contributed by atoms with Gasteiger partial charge in [0.1, 0.15) is 4.60 Å². The average Bonchev–Trinajstić information content (AvgIpc) is 2.46. The first-order valence-electron chi connectivity index (χ1n) is 6.96. The molecule has 0 aromatic carbocycles. The zero-order valence-electron chi connectivity index (χ0n) is 11.4.